The van der Waals surface area contributed by atoms with Gasteiger partial charge in [-0.15, -0.1) is 0 Å². The Kier molecular flexibility index (Phi) is 4.86. The second-order valence-electron chi connectivity index (χ2n) is 6.25. The van der Waals surface area contributed by atoms with E-state index in [2.05, 4.69) is 0 Å². The van der Waals surface area contributed by atoms with Crippen LogP contribution in [0.2, 0.25) is 0 Å². The zero-order valence-corrected chi connectivity index (χ0v) is 12.7. The summed E-state index contributed by atoms with van der Waals surface area (Å²) in [5.74, 6) is -3.74. The van der Waals surface area contributed by atoms with E-state index in [4.69, 9.17) is 5.11 Å². The molecule has 6 nitrogen and oxygen atoms in total. The minimum atomic E-state index is -4.50. The monoisotopic (exact) mass is 336 g/mol. The third kappa shape index (κ3) is 4.59. The summed E-state index contributed by atoms with van der Waals surface area (Å²) >= 11 is 0. The summed E-state index contributed by atoms with van der Waals surface area (Å²) in [4.78, 5) is 37.2. The zero-order chi connectivity index (χ0) is 17.4. The van der Waals surface area contributed by atoms with Crippen LogP contribution in [0.15, 0.2) is 0 Å². The molecule has 23 heavy (non-hydrogen) atoms. The Labute approximate surface area is 131 Å². The van der Waals surface area contributed by atoms with E-state index in [1.54, 1.807) is 0 Å². The zero-order valence-electron chi connectivity index (χ0n) is 12.7. The van der Waals surface area contributed by atoms with E-state index in [-0.39, 0.29) is 25.6 Å². The lowest BCUT2D eigenvalue weighted by Gasteiger charge is -2.27. The third-order valence-electron chi connectivity index (χ3n) is 4.10. The van der Waals surface area contributed by atoms with E-state index in [0.29, 0.717) is 4.90 Å². The summed E-state index contributed by atoms with van der Waals surface area (Å²) in [6.45, 7) is -0.129. The summed E-state index contributed by atoms with van der Waals surface area (Å²) in [5, 5.41) is 8.97. The molecule has 1 saturated heterocycles. The number of likely N-dealkylation sites (tertiary alicyclic amines) is 1. The Morgan fingerprint density at radius 2 is 2.00 bits per heavy atom. The van der Waals surface area contributed by atoms with Crippen molar-refractivity contribution in [2.24, 2.45) is 11.8 Å². The fourth-order valence-corrected chi connectivity index (χ4v) is 2.72. The largest absolute Gasteiger partial charge is 0.481 e. The third-order valence-corrected chi connectivity index (χ3v) is 4.10. The van der Waals surface area contributed by atoms with Crippen molar-refractivity contribution in [3.05, 3.63) is 0 Å². The first-order valence-electron chi connectivity index (χ1n) is 7.46. The quantitative estimate of drug-likeness (QED) is 0.788. The van der Waals surface area contributed by atoms with Crippen LogP contribution in [0.4, 0.5) is 13.2 Å². The highest BCUT2D eigenvalue weighted by atomic mass is 19.4. The molecule has 2 atom stereocenters. The van der Waals surface area contributed by atoms with Crippen LogP contribution in [0.1, 0.15) is 26.2 Å². The van der Waals surface area contributed by atoms with Crippen molar-refractivity contribution >= 4 is 17.8 Å². The summed E-state index contributed by atoms with van der Waals surface area (Å²) in [6.07, 6.45) is -3.24. The molecular formula is C14H19F3N2O4. The van der Waals surface area contributed by atoms with Crippen LogP contribution in [0.25, 0.3) is 0 Å². The van der Waals surface area contributed by atoms with Crippen LogP contribution in [0.5, 0.6) is 0 Å². The molecule has 1 N–H and O–H groups in total. The second-order valence-corrected chi connectivity index (χ2v) is 6.25. The molecule has 2 amide bonds. The van der Waals surface area contributed by atoms with Gasteiger partial charge >= 0.3 is 12.1 Å². The number of hydrogen-bond acceptors (Lipinski definition) is 3. The molecule has 9 heteroatoms. The molecule has 0 unspecified atom stereocenters. The average molecular weight is 336 g/mol. The van der Waals surface area contributed by atoms with Gasteiger partial charge in [0, 0.05) is 25.6 Å². The maximum Gasteiger partial charge on any atom is 0.406 e. The summed E-state index contributed by atoms with van der Waals surface area (Å²) < 4.78 is 37.2. The van der Waals surface area contributed by atoms with Gasteiger partial charge in [-0.3, -0.25) is 14.4 Å². The van der Waals surface area contributed by atoms with Gasteiger partial charge in [0.2, 0.25) is 11.8 Å². The van der Waals surface area contributed by atoms with E-state index in [1.165, 1.54) is 11.8 Å². The number of amides is 2. The lowest BCUT2D eigenvalue weighted by Crippen LogP contribution is -2.43. The Balaban J connectivity index is 2.01. The van der Waals surface area contributed by atoms with Crippen molar-refractivity contribution in [1.82, 2.24) is 9.80 Å². The number of nitrogens with zero attached hydrogens (tertiary/aromatic N) is 2. The van der Waals surface area contributed by atoms with Crippen molar-refractivity contribution in [1.29, 1.82) is 0 Å². The molecule has 0 radical (unpaired) electrons. The normalized spacial score (nSPS) is 23.0. The number of halogens is 3. The predicted octanol–water partition coefficient (Wildman–Crippen LogP) is 1.11. The van der Waals surface area contributed by atoms with Crippen LogP contribution >= 0.6 is 0 Å². The molecule has 1 aliphatic carbocycles. The number of alkyl halides is 3. The number of carbonyl (C=O) groups excluding carboxylic acids is 2. The number of hydrogen-bond donors (Lipinski definition) is 1. The topological polar surface area (TPSA) is 77.9 Å². The summed E-state index contributed by atoms with van der Waals surface area (Å²) in [5.41, 5.74) is 0. The summed E-state index contributed by atoms with van der Waals surface area (Å²) in [6, 6.07) is -0.0592. The van der Waals surface area contributed by atoms with E-state index in [1.807, 2.05) is 0 Å². The van der Waals surface area contributed by atoms with Crippen molar-refractivity contribution in [2.45, 2.75) is 38.4 Å². The number of carboxylic acid groups (broad SMARTS) is 1. The van der Waals surface area contributed by atoms with Gasteiger partial charge in [-0.1, -0.05) is 6.92 Å². The molecule has 0 bridgehead atoms. The molecule has 0 aromatic carbocycles. The highest BCUT2D eigenvalue weighted by Crippen LogP contribution is 2.32. The SMILES string of the molecule is C[C@@H](CN(C(=O)[C@@H]1CC(=O)N(CC(F)(F)F)C1)C1CC1)C(=O)O. The average Bonchev–Trinajstić information content (AvgIpc) is 3.19. The van der Waals surface area contributed by atoms with Crippen LogP contribution in [-0.4, -0.2) is 64.5 Å². The van der Waals surface area contributed by atoms with Gasteiger partial charge < -0.3 is 14.9 Å². The number of rotatable bonds is 6. The van der Waals surface area contributed by atoms with Gasteiger partial charge in [0.1, 0.15) is 6.54 Å². The Hall–Kier alpha value is -1.80. The van der Waals surface area contributed by atoms with Gasteiger partial charge in [-0.25, -0.2) is 0 Å². The molecular weight excluding hydrogens is 317 g/mol. The molecule has 2 rings (SSSR count). The first-order valence-corrected chi connectivity index (χ1v) is 7.46. The van der Waals surface area contributed by atoms with E-state index < -0.39 is 42.3 Å². The molecule has 2 fully saturated rings. The highest BCUT2D eigenvalue weighted by molar-refractivity contribution is 5.89. The van der Waals surface area contributed by atoms with Gasteiger partial charge in [-0.2, -0.15) is 13.2 Å². The summed E-state index contributed by atoms with van der Waals surface area (Å²) in [7, 11) is 0. The van der Waals surface area contributed by atoms with Gasteiger partial charge in [0.25, 0.3) is 0 Å². The number of aliphatic carboxylic acids is 1. The standard InChI is InChI=1S/C14H19F3N2O4/c1-8(13(22)23)5-19(10-2-3-10)12(21)9-4-11(20)18(6-9)7-14(15,16)17/h8-10H,2-7H2,1H3,(H,22,23)/t8-,9+/m0/s1. The molecule has 0 spiro atoms. The molecule has 0 aromatic rings. The number of carboxylic acids is 1. The highest BCUT2D eigenvalue weighted by Gasteiger charge is 2.44. The maximum absolute atomic E-state index is 12.5. The second kappa shape index (κ2) is 6.37. The molecule has 0 aromatic heterocycles. The molecule has 2 aliphatic rings. The van der Waals surface area contributed by atoms with Crippen LogP contribution < -0.4 is 0 Å². The van der Waals surface area contributed by atoms with Crippen molar-refractivity contribution < 1.29 is 32.7 Å². The first kappa shape index (κ1) is 17.6. The Morgan fingerprint density at radius 3 is 2.48 bits per heavy atom. The van der Waals surface area contributed by atoms with Gasteiger partial charge in [0.05, 0.1) is 11.8 Å². The first-order chi connectivity index (χ1) is 10.6. The van der Waals surface area contributed by atoms with Crippen molar-refractivity contribution in [3.8, 4) is 0 Å². The molecule has 130 valence electrons. The number of carbonyl (C=O) groups is 3. The minimum absolute atomic E-state index is 0.0167. The fraction of sp³-hybridized carbons (Fsp3) is 0.786. The van der Waals surface area contributed by atoms with Crippen LogP contribution in [0.3, 0.4) is 0 Å². The predicted molar refractivity (Wildman–Crippen MR) is 72.3 cm³/mol. The Morgan fingerprint density at radius 1 is 1.39 bits per heavy atom. The van der Waals surface area contributed by atoms with Crippen LogP contribution in [0, 0.1) is 11.8 Å². The Bertz CT molecular complexity index is 505. The lowest BCUT2D eigenvalue weighted by atomic mass is 10.1. The van der Waals surface area contributed by atoms with E-state index in [0.717, 1.165) is 12.8 Å². The van der Waals surface area contributed by atoms with E-state index >= 15 is 0 Å². The van der Waals surface area contributed by atoms with Crippen molar-refractivity contribution in [3.63, 3.8) is 0 Å². The minimum Gasteiger partial charge on any atom is -0.481 e. The smallest absolute Gasteiger partial charge is 0.406 e. The molecule has 1 aliphatic heterocycles. The van der Waals surface area contributed by atoms with Gasteiger partial charge in [0.15, 0.2) is 0 Å². The van der Waals surface area contributed by atoms with Crippen LogP contribution in [-0.2, 0) is 14.4 Å². The molecule has 1 heterocycles. The van der Waals surface area contributed by atoms with Crippen molar-refractivity contribution in [2.75, 3.05) is 19.6 Å². The molecule has 1 saturated carbocycles. The van der Waals surface area contributed by atoms with Gasteiger partial charge in [-0.05, 0) is 12.8 Å². The van der Waals surface area contributed by atoms with E-state index in [9.17, 15) is 27.6 Å². The lowest BCUT2D eigenvalue weighted by molar-refractivity contribution is -0.157. The maximum atomic E-state index is 12.5. The fourth-order valence-electron chi connectivity index (χ4n) is 2.72.